The van der Waals surface area contributed by atoms with Crippen LogP contribution in [0.5, 0.6) is 5.75 Å². The van der Waals surface area contributed by atoms with Crippen LogP contribution >= 0.6 is 8.58 Å². The van der Waals surface area contributed by atoms with Crippen LogP contribution in [0.25, 0.3) is 0 Å². The standard InChI is InChI=1S/C20H25O2P.Li/c1-6-9-22-17-7-8-18(14(3)12-17)23-20(21)19-15(4)10-13(2)11-16(19)5;/h7-8,10-12,23H,6,9H2,1-5H3;. The van der Waals surface area contributed by atoms with Crippen molar-refractivity contribution in [2.75, 3.05) is 6.61 Å². The van der Waals surface area contributed by atoms with Gasteiger partial charge in [-0.2, -0.15) is 0 Å². The molecule has 1 radical (unpaired) electrons. The Bertz CT molecular complexity index is 703. The summed E-state index contributed by atoms with van der Waals surface area (Å²) in [6.45, 7) is 11.0. The summed E-state index contributed by atoms with van der Waals surface area (Å²) in [6, 6.07) is 10.2. The van der Waals surface area contributed by atoms with Crippen molar-refractivity contribution in [3.63, 3.8) is 0 Å². The van der Waals surface area contributed by atoms with E-state index in [-0.39, 0.29) is 33.0 Å². The SMILES string of the molecule is CCCOc1ccc(PC(=O)c2c(C)cc(C)cc2C)c(C)c1.[Li]. The maximum atomic E-state index is 12.8. The molecule has 0 bridgehead atoms. The molecular formula is C20H25LiO2P. The van der Waals surface area contributed by atoms with Crippen LogP contribution in [0.1, 0.15) is 46.0 Å². The van der Waals surface area contributed by atoms with Gasteiger partial charge in [-0.05, 0) is 76.8 Å². The Kier molecular flexibility index (Phi) is 8.24. The topological polar surface area (TPSA) is 26.3 Å². The van der Waals surface area contributed by atoms with Crippen LogP contribution in [0.4, 0.5) is 0 Å². The van der Waals surface area contributed by atoms with Gasteiger partial charge in [0.25, 0.3) is 0 Å². The molecule has 1 unspecified atom stereocenters. The smallest absolute Gasteiger partial charge is 0.186 e. The van der Waals surface area contributed by atoms with E-state index in [9.17, 15) is 4.79 Å². The zero-order valence-electron chi connectivity index (χ0n) is 15.6. The Hall–Kier alpha value is -1.06. The molecule has 1 atom stereocenters. The minimum atomic E-state index is 0. The van der Waals surface area contributed by atoms with Crippen molar-refractivity contribution in [1.29, 1.82) is 0 Å². The number of carbonyl (C=O) groups is 1. The van der Waals surface area contributed by atoms with Crippen LogP contribution in [-0.4, -0.2) is 31.0 Å². The Balaban J connectivity index is 0.00000288. The predicted octanol–water partition coefficient (Wildman–Crippen LogP) is 4.47. The van der Waals surface area contributed by atoms with Crippen molar-refractivity contribution in [3.8, 4) is 5.75 Å². The molecular weight excluding hydrogens is 310 g/mol. The third-order valence-electron chi connectivity index (χ3n) is 3.82. The van der Waals surface area contributed by atoms with E-state index in [1.165, 1.54) is 5.56 Å². The summed E-state index contributed by atoms with van der Waals surface area (Å²) in [5.41, 5.74) is 5.55. The van der Waals surface area contributed by atoms with Crippen LogP contribution < -0.4 is 10.0 Å². The summed E-state index contributed by atoms with van der Waals surface area (Å²) in [4.78, 5) is 12.8. The zero-order valence-corrected chi connectivity index (χ0v) is 16.6. The van der Waals surface area contributed by atoms with Crippen LogP contribution in [-0.2, 0) is 0 Å². The van der Waals surface area contributed by atoms with Crippen LogP contribution in [0.15, 0.2) is 30.3 Å². The molecule has 123 valence electrons. The fourth-order valence-corrected chi connectivity index (χ4v) is 4.01. The van der Waals surface area contributed by atoms with Gasteiger partial charge < -0.3 is 4.74 Å². The van der Waals surface area contributed by atoms with Crippen molar-refractivity contribution in [2.45, 2.75) is 41.0 Å². The molecule has 0 heterocycles. The number of ether oxygens (including phenoxy) is 1. The van der Waals surface area contributed by atoms with Crippen molar-refractivity contribution in [2.24, 2.45) is 0 Å². The number of aryl methyl sites for hydroxylation is 4. The van der Waals surface area contributed by atoms with Crippen LogP contribution in [0, 0.1) is 27.7 Å². The van der Waals surface area contributed by atoms with Gasteiger partial charge in [-0.3, -0.25) is 4.79 Å². The largest absolute Gasteiger partial charge is 0.494 e. The average molecular weight is 335 g/mol. The minimum Gasteiger partial charge on any atom is -0.494 e. The Morgan fingerprint density at radius 3 is 2.17 bits per heavy atom. The molecule has 2 aromatic rings. The molecule has 0 aliphatic carbocycles. The van der Waals surface area contributed by atoms with Gasteiger partial charge in [0.1, 0.15) is 5.75 Å². The van der Waals surface area contributed by atoms with Gasteiger partial charge >= 0.3 is 0 Å². The van der Waals surface area contributed by atoms with Crippen LogP contribution in [0.3, 0.4) is 0 Å². The first-order valence-corrected chi connectivity index (χ1v) is 9.05. The molecule has 0 N–H and O–H groups in total. The molecule has 0 aliphatic heterocycles. The van der Waals surface area contributed by atoms with E-state index in [1.54, 1.807) is 0 Å². The summed E-state index contributed by atoms with van der Waals surface area (Å²) in [5, 5.41) is 1.10. The van der Waals surface area contributed by atoms with Crippen molar-refractivity contribution >= 4 is 38.3 Å². The molecule has 0 saturated heterocycles. The van der Waals surface area contributed by atoms with Gasteiger partial charge in [0, 0.05) is 24.4 Å². The predicted molar refractivity (Wildman–Crippen MR) is 106 cm³/mol. The Morgan fingerprint density at radius 2 is 1.62 bits per heavy atom. The quantitative estimate of drug-likeness (QED) is 0.575. The second kappa shape index (κ2) is 9.43. The maximum Gasteiger partial charge on any atom is 0.186 e. The van der Waals surface area contributed by atoms with E-state index >= 15 is 0 Å². The van der Waals surface area contributed by atoms with Gasteiger partial charge in [-0.25, -0.2) is 0 Å². The summed E-state index contributed by atoms with van der Waals surface area (Å²) in [6.07, 6.45) is 0.993. The van der Waals surface area contributed by atoms with Gasteiger partial charge in [0.05, 0.1) is 6.61 Å². The fourth-order valence-electron chi connectivity index (χ4n) is 2.81. The van der Waals surface area contributed by atoms with E-state index in [1.807, 2.05) is 39.0 Å². The third kappa shape index (κ3) is 5.22. The number of carbonyl (C=O) groups excluding carboxylic acids is 1. The molecule has 2 nitrogen and oxygen atoms in total. The molecule has 0 amide bonds. The maximum absolute atomic E-state index is 12.8. The van der Waals surface area contributed by atoms with Gasteiger partial charge in [-0.15, -0.1) is 0 Å². The Morgan fingerprint density at radius 1 is 1.00 bits per heavy atom. The second-order valence-corrected chi connectivity index (χ2v) is 7.30. The number of hydrogen-bond acceptors (Lipinski definition) is 2. The van der Waals surface area contributed by atoms with Gasteiger partial charge in [0.15, 0.2) is 5.52 Å². The third-order valence-corrected chi connectivity index (χ3v) is 5.13. The van der Waals surface area contributed by atoms with E-state index in [0.717, 1.165) is 46.3 Å². The monoisotopic (exact) mass is 335 g/mol. The molecule has 2 rings (SSSR count). The number of hydrogen-bond donors (Lipinski definition) is 0. The molecule has 2 aromatic carbocycles. The number of benzene rings is 2. The van der Waals surface area contributed by atoms with Crippen molar-refractivity contribution < 1.29 is 9.53 Å². The summed E-state index contributed by atoms with van der Waals surface area (Å²) >= 11 is 0. The van der Waals surface area contributed by atoms with Crippen molar-refractivity contribution in [1.82, 2.24) is 0 Å². The summed E-state index contributed by atoms with van der Waals surface area (Å²) in [7, 11) is 0.148. The first-order chi connectivity index (χ1) is 10.9. The minimum absolute atomic E-state index is 0. The summed E-state index contributed by atoms with van der Waals surface area (Å²) < 4.78 is 5.65. The molecule has 0 aliphatic rings. The molecule has 0 saturated carbocycles. The first kappa shape index (κ1) is 21.0. The molecule has 0 spiro atoms. The Labute approximate surface area is 159 Å². The molecule has 0 aromatic heterocycles. The zero-order chi connectivity index (χ0) is 17.0. The molecule has 24 heavy (non-hydrogen) atoms. The normalized spacial score (nSPS) is 10.7. The molecule has 4 heteroatoms. The average Bonchev–Trinajstić information content (AvgIpc) is 2.46. The molecule has 0 fully saturated rings. The van der Waals surface area contributed by atoms with Gasteiger partial charge in [0.2, 0.25) is 0 Å². The van der Waals surface area contributed by atoms with E-state index in [0.29, 0.717) is 0 Å². The fraction of sp³-hybridized carbons (Fsp3) is 0.350. The van der Waals surface area contributed by atoms with E-state index < -0.39 is 0 Å². The number of rotatable bonds is 6. The second-order valence-electron chi connectivity index (χ2n) is 6.05. The van der Waals surface area contributed by atoms with E-state index in [2.05, 4.69) is 26.0 Å². The van der Waals surface area contributed by atoms with E-state index in [4.69, 9.17) is 4.74 Å². The van der Waals surface area contributed by atoms with Gasteiger partial charge in [-0.1, -0.05) is 30.7 Å². The van der Waals surface area contributed by atoms with Crippen LogP contribution in [0.2, 0.25) is 0 Å². The summed E-state index contributed by atoms with van der Waals surface area (Å²) in [5.74, 6) is 0.882. The first-order valence-electron chi connectivity index (χ1n) is 8.05. The van der Waals surface area contributed by atoms with Crippen molar-refractivity contribution in [3.05, 3.63) is 58.1 Å².